The number of nitrogens with zero attached hydrogens (tertiary/aromatic N) is 1. The molecule has 2 atom stereocenters. The Labute approximate surface area is 189 Å². The molecule has 33 heavy (non-hydrogen) atoms. The van der Waals surface area contributed by atoms with Gasteiger partial charge in [0.1, 0.15) is 0 Å². The van der Waals surface area contributed by atoms with E-state index in [0.29, 0.717) is 32.4 Å². The molecule has 1 heterocycles. The predicted molar refractivity (Wildman–Crippen MR) is 121 cm³/mol. The molecule has 3 aromatic carbocycles. The predicted octanol–water partition coefficient (Wildman–Crippen LogP) is 5.11. The third-order valence-electron chi connectivity index (χ3n) is 6.00. The van der Waals surface area contributed by atoms with E-state index >= 15 is 0 Å². The van der Waals surface area contributed by atoms with E-state index in [1.807, 2.05) is 25.1 Å². The van der Waals surface area contributed by atoms with E-state index in [2.05, 4.69) is 29.6 Å². The molecule has 0 bridgehead atoms. The average molecular weight is 458 g/mol. The van der Waals surface area contributed by atoms with E-state index in [4.69, 9.17) is 4.74 Å². The van der Waals surface area contributed by atoms with E-state index in [1.54, 1.807) is 4.90 Å². The number of carboxylic acids is 1. The number of rotatable bonds is 6. The smallest absolute Gasteiger partial charge is 0.416 e. The quantitative estimate of drug-likeness (QED) is 0.537. The molecule has 1 unspecified atom stereocenters. The second-order valence-corrected chi connectivity index (χ2v) is 8.19. The molecule has 0 spiro atoms. The minimum absolute atomic E-state index is 0.00373. The lowest BCUT2D eigenvalue weighted by Crippen LogP contribution is -2.51. The number of hydrogen-bond donors (Lipinski definition) is 2. The van der Waals surface area contributed by atoms with Crippen molar-refractivity contribution >= 4 is 22.4 Å². The first kappa shape index (κ1) is 23.1. The standard InChI is InChI=1S/C25H25F3N2O3/c1-16(22-8-4-6-17-5-2-3-7-23(17)22)29-14-21-15-33-10-9-30(21)20-12-18(24(31)32)11-19(13-20)25(26,27)28/h2-8,11-13,16,21,29H,9-10,14-15H2,1H3,(H,31,32)/t16-,21?/m1/s1. The van der Waals surface area contributed by atoms with Crippen molar-refractivity contribution in [3.8, 4) is 0 Å². The third-order valence-corrected chi connectivity index (χ3v) is 6.00. The number of hydrogen-bond acceptors (Lipinski definition) is 4. The van der Waals surface area contributed by atoms with Gasteiger partial charge in [0, 0.05) is 24.8 Å². The van der Waals surface area contributed by atoms with Gasteiger partial charge in [-0.25, -0.2) is 4.79 Å². The summed E-state index contributed by atoms with van der Waals surface area (Å²) in [5.41, 5.74) is 0.000577. The topological polar surface area (TPSA) is 61.8 Å². The second-order valence-electron chi connectivity index (χ2n) is 8.19. The normalized spacial score (nSPS) is 17.8. The molecule has 1 saturated heterocycles. The first-order chi connectivity index (χ1) is 15.7. The monoisotopic (exact) mass is 458 g/mol. The average Bonchev–Trinajstić information content (AvgIpc) is 2.81. The lowest BCUT2D eigenvalue weighted by Gasteiger charge is -2.38. The van der Waals surface area contributed by atoms with Crippen molar-refractivity contribution in [3.05, 3.63) is 77.4 Å². The number of carboxylic acid groups (broad SMARTS) is 1. The van der Waals surface area contributed by atoms with Crippen molar-refractivity contribution in [1.29, 1.82) is 0 Å². The van der Waals surface area contributed by atoms with Crippen LogP contribution in [0.2, 0.25) is 0 Å². The zero-order chi connectivity index (χ0) is 23.6. The van der Waals surface area contributed by atoms with Gasteiger partial charge >= 0.3 is 12.1 Å². The Morgan fingerprint density at radius 3 is 2.70 bits per heavy atom. The lowest BCUT2D eigenvalue weighted by molar-refractivity contribution is -0.137. The minimum Gasteiger partial charge on any atom is -0.478 e. The van der Waals surface area contributed by atoms with Gasteiger partial charge in [0.2, 0.25) is 0 Å². The molecule has 1 aliphatic heterocycles. The van der Waals surface area contributed by atoms with Crippen molar-refractivity contribution in [1.82, 2.24) is 5.32 Å². The summed E-state index contributed by atoms with van der Waals surface area (Å²) in [6, 6.07) is 16.9. The molecular formula is C25H25F3N2O3. The minimum atomic E-state index is -4.64. The number of carbonyl (C=O) groups is 1. The van der Waals surface area contributed by atoms with Gasteiger partial charge in [0.25, 0.3) is 0 Å². The van der Waals surface area contributed by atoms with E-state index in [1.165, 1.54) is 6.07 Å². The summed E-state index contributed by atoms with van der Waals surface area (Å²) in [7, 11) is 0. The Morgan fingerprint density at radius 2 is 1.94 bits per heavy atom. The first-order valence-electron chi connectivity index (χ1n) is 10.7. The summed E-state index contributed by atoms with van der Waals surface area (Å²) in [5, 5.41) is 15.1. The molecule has 2 N–H and O–H groups in total. The summed E-state index contributed by atoms with van der Waals surface area (Å²) < 4.78 is 45.8. The van der Waals surface area contributed by atoms with Crippen LogP contribution in [0.5, 0.6) is 0 Å². The summed E-state index contributed by atoms with van der Waals surface area (Å²) in [6.07, 6.45) is -4.64. The van der Waals surface area contributed by atoms with Crippen LogP contribution in [0.15, 0.2) is 60.7 Å². The van der Waals surface area contributed by atoms with E-state index < -0.39 is 17.7 Å². The van der Waals surface area contributed by atoms with Crippen LogP contribution in [0.1, 0.15) is 34.5 Å². The highest BCUT2D eigenvalue weighted by molar-refractivity contribution is 5.89. The summed E-state index contributed by atoms with van der Waals surface area (Å²) >= 11 is 0. The van der Waals surface area contributed by atoms with Crippen LogP contribution in [0.3, 0.4) is 0 Å². The number of aromatic carboxylic acids is 1. The Hall–Kier alpha value is -3.10. The summed E-state index contributed by atoms with van der Waals surface area (Å²) in [6.45, 7) is 3.56. The fraction of sp³-hybridized carbons (Fsp3) is 0.320. The van der Waals surface area contributed by atoms with Gasteiger partial charge in [-0.1, -0.05) is 42.5 Å². The molecule has 1 aliphatic rings. The molecule has 0 aromatic heterocycles. The number of morpholine rings is 1. The lowest BCUT2D eigenvalue weighted by atomic mass is 9.99. The number of halogens is 3. The number of ether oxygens (including phenoxy) is 1. The number of anilines is 1. The Bertz CT molecular complexity index is 1140. The number of fused-ring (bicyclic) bond motifs is 1. The van der Waals surface area contributed by atoms with E-state index in [9.17, 15) is 23.1 Å². The zero-order valence-corrected chi connectivity index (χ0v) is 18.1. The molecule has 5 nitrogen and oxygen atoms in total. The van der Waals surface area contributed by atoms with Crippen LogP contribution in [0.4, 0.5) is 18.9 Å². The van der Waals surface area contributed by atoms with Crippen LogP contribution in [0, 0.1) is 0 Å². The maximum absolute atomic E-state index is 13.4. The summed E-state index contributed by atoms with van der Waals surface area (Å²) in [5.74, 6) is -1.39. The molecule has 0 radical (unpaired) electrons. The molecule has 0 amide bonds. The van der Waals surface area contributed by atoms with Gasteiger partial charge in [0.05, 0.1) is 30.4 Å². The Morgan fingerprint density at radius 1 is 1.18 bits per heavy atom. The van der Waals surface area contributed by atoms with Gasteiger partial charge in [-0.05, 0) is 41.5 Å². The number of nitrogens with one attached hydrogen (secondary N) is 1. The van der Waals surface area contributed by atoms with E-state index in [0.717, 1.165) is 22.4 Å². The van der Waals surface area contributed by atoms with Crippen molar-refractivity contribution in [2.45, 2.75) is 25.2 Å². The highest BCUT2D eigenvalue weighted by Crippen LogP contribution is 2.34. The van der Waals surface area contributed by atoms with Gasteiger partial charge in [0.15, 0.2) is 0 Å². The third kappa shape index (κ3) is 5.12. The Balaban J connectivity index is 1.57. The molecule has 4 rings (SSSR count). The van der Waals surface area contributed by atoms with E-state index in [-0.39, 0.29) is 23.3 Å². The van der Waals surface area contributed by atoms with Crippen LogP contribution < -0.4 is 10.2 Å². The molecular weight excluding hydrogens is 433 g/mol. The molecule has 8 heteroatoms. The molecule has 0 aliphatic carbocycles. The molecule has 3 aromatic rings. The maximum Gasteiger partial charge on any atom is 0.416 e. The van der Waals surface area contributed by atoms with Crippen molar-refractivity contribution in [2.75, 3.05) is 31.2 Å². The summed E-state index contributed by atoms with van der Waals surface area (Å²) in [4.78, 5) is 13.3. The van der Waals surface area contributed by atoms with Gasteiger partial charge in [-0.15, -0.1) is 0 Å². The zero-order valence-electron chi connectivity index (χ0n) is 18.1. The highest BCUT2D eigenvalue weighted by atomic mass is 19.4. The fourth-order valence-corrected chi connectivity index (χ4v) is 4.28. The van der Waals surface area contributed by atoms with Crippen molar-refractivity contribution in [2.24, 2.45) is 0 Å². The molecule has 1 fully saturated rings. The van der Waals surface area contributed by atoms with Crippen molar-refractivity contribution < 1.29 is 27.8 Å². The number of benzene rings is 3. The second kappa shape index (κ2) is 9.41. The van der Waals surface area contributed by atoms with Gasteiger partial charge in [-0.3, -0.25) is 0 Å². The largest absolute Gasteiger partial charge is 0.478 e. The number of alkyl halides is 3. The molecule has 174 valence electrons. The Kier molecular flexibility index (Phi) is 6.58. The van der Waals surface area contributed by atoms with Crippen LogP contribution in [-0.2, 0) is 10.9 Å². The van der Waals surface area contributed by atoms with Crippen LogP contribution >= 0.6 is 0 Å². The highest BCUT2D eigenvalue weighted by Gasteiger charge is 2.33. The van der Waals surface area contributed by atoms with Crippen molar-refractivity contribution in [3.63, 3.8) is 0 Å². The van der Waals surface area contributed by atoms with Gasteiger partial charge in [-0.2, -0.15) is 13.2 Å². The fourth-order valence-electron chi connectivity index (χ4n) is 4.28. The van der Waals surface area contributed by atoms with Crippen LogP contribution in [-0.4, -0.2) is 43.4 Å². The first-order valence-corrected chi connectivity index (χ1v) is 10.7. The maximum atomic E-state index is 13.4. The molecule has 0 saturated carbocycles. The van der Waals surface area contributed by atoms with Gasteiger partial charge < -0.3 is 20.1 Å². The van der Waals surface area contributed by atoms with Crippen LogP contribution in [0.25, 0.3) is 10.8 Å². The SMILES string of the molecule is C[C@@H](NCC1COCCN1c1cc(C(=O)O)cc(C(F)(F)F)c1)c1cccc2ccccc12.